The molecule has 0 aliphatic heterocycles. The van der Waals surface area contributed by atoms with Gasteiger partial charge in [0.15, 0.2) is 0 Å². The fourth-order valence-corrected chi connectivity index (χ4v) is 4.52. The number of benzene rings is 2. The Kier molecular flexibility index (Phi) is 10.8. The van der Waals surface area contributed by atoms with Gasteiger partial charge >= 0.3 is 0 Å². The molecule has 2 rings (SSSR count). The lowest BCUT2D eigenvalue weighted by Crippen LogP contribution is -2.51. The van der Waals surface area contributed by atoms with Crippen molar-refractivity contribution in [3.8, 4) is 0 Å². The first-order valence-corrected chi connectivity index (χ1v) is 12.5. The van der Waals surface area contributed by atoms with Crippen LogP contribution in [0.4, 0.5) is 4.39 Å². The molecular weight excluding hydrogens is 470 g/mol. The molecule has 0 aliphatic carbocycles. The van der Waals surface area contributed by atoms with Crippen molar-refractivity contribution >= 4 is 46.8 Å². The van der Waals surface area contributed by atoms with Crippen LogP contribution >= 0.6 is 35.0 Å². The van der Waals surface area contributed by atoms with E-state index in [0.29, 0.717) is 22.0 Å². The maximum atomic E-state index is 14.0. The zero-order valence-corrected chi connectivity index (χ0v) is 20.9. The highest BCUT2D eigenvalue weighted by Crippen LogP contribution is 2.25. The second kappa shape index (κ2) is 13.1. The number of amides is 2. The highest BCUT2D eigenvalue weighted by Gasteiger charge is 2.29. The maximum Gasteiger partial charge on any atom is 0.243 e. The first-order chi connectivity index (χ1) is 15.3. The summed E-state index contributed by atoms with van der Waals surface area (Å²) in [7, 11) is 0. The predicted octanol–water partition coefficient (Wildman–Crippen LogP) is 6.09. The number of hydrogen-bond donors (Lipinski definition) is 1. The first kappa shape index (κ1) is 26.5. The molecule has 0 saturated carbocycles. The fourth-order valence-electron chi connectivity index (χ4n) is 3.14. The molecule has 0 aliphatic rings. The largest absolute Gasteiger partial charge is 0.352 e. The first-order valence-electron chi connectivity index (χ1n) is 10.6. The normalized spacial score (nSPS) is 12.8. The second-order valence-electron chi connectivity index (χ2n) is 7.58. The van der Waals surface area contributed by atoms with Gasteiger partial charge in [0, 0.05) is 33.9 Å². The van der Waals surface area contributed by atoms with Gasteiger partial charge in [-0.05, 0) is 49.6 Å². The van der Waals surface area contributed by atoms with Crippen LogP contribution in [0.5, 0.6) is 0 Å². The van der Waals surface area contributed by atoms with Crippen molar-refractivity contribution in [2.75, 3.05) is 5.75 Å². The Labute approximate surface area is 203 Å². The smallest absolute Gasteiger partial charge is 0.243 e. The quantitative estimate of drug-likeness (QED) is 0.407. The molecule has 2 amide bonds. The Morgan fingerprint density at radius 2 is 1.78 bits per heavy atom. The molecule has 0 spiro atoms. The van der Waals surface area contributed by atoms with Crippen molar-refractivity contribution in [2.45, 2.75) is 58.0 Å². The highest BCUT2D eigenvalue weighted by atomic mass is 35.5. The van der Waals surface area contributed by atoms with Crippen LogP contribution in [0.15, 0.2) is 42.5 Å². The highest BCUT2D eigenvalue weighted by molar-refractivity contribution is 7.99. The number of halogens is 3. The summed E-state index contributed by atoms with van der Waals surface area (Å²) in [6.07, 6.45) is 1.28. The van der Waals surface area contributed by atoms with E-state index in [2.05, 4.69) is 5.32 Å². The van der Waals surface area contributed by atoms with E-state index in [1.54, 1.807) is 29.2 Å². The average Bonchev–Trinajstić information content (AvgIpc) is 2.76. The van der Waals surface area contributed by atoms with Crippen LogP contribution in [-0.2, 0) is 21.9 Å². The minimum atomic E-state index is -0.607. The summed E-state index contributed by atoms with van der Waals surface area (Å²) in [5.41, 5.74) is 1.25. The minimum absolute atomic E-state index is 0.0154. The fraction of sp³-hybridized carbons (Fsp3) is 0.417. The molecule has 1 N–H and O–H groups in total. The Hall–Kier alpha value is -1.76. The van der Waals surface area contributed by atoms with Crippen LogP contribution in [0, 0.1) is 5.82 Å². The van der Waals surface area contributed by atoms with Gasteiger partial charge in [0.05, 0.1) is 5.75 Å². The summed E-state index contributed by atoms with van der Waals surface area (Å²) in [5, 5.41) is 3.92. The summed E-state index contributed by atoms with van der Waals surface area (Å²) in [6, 6.07) is 11.1. The molecule has 0 unspecified atom stereocenters. The lowest BCUT2D eigenvalue weighted by Gasteiger charge is -2.31. The predicted molar refractivity (Wildman–Crippen MR) is 132 cm³/mol. The topological polar surface area (TPSA) is 49.4 Å². The second-order valence-corrected chi connectivity index (χ2v) is 9.41. The summed E-state index contributed by atoms with van der Waals surface area (Å²) in [5.74, 6) is -0.391. The van der Waals surface area contributed by atoms with Crippen LogP contribution in [-0.4, -0.2) is 34.6 Å². The molecule has 2 atom stereocenters. The molecule has 2 aromatic rings. The van der Waals surface area contributed by atoms with Gasteiger partial charge in [0.1, 0.15) is 11.9 Å². The van der Waals surface area contributed by atoms with Gasteiger partial charge in [-0.25, -0.2) is 4.39 Å². The number of carbonyl (C=O) groups excluding carboxylic acids is 2. The van der Waals surface area contributed by atoms with Crippen molar-refractivity contribution in [3.63, 3.8) is 0 Å². The molecule has 4 nitrogen and oxygen atoms in total. The van der Waals surface area contributed by atoms with Gasteiger partial charge in [0.25, 0.3) is 0 Å². The number of thioether (sulfide) groups is 1. The van der Waals surface area contributed by atoms with E-state index in [9.17, 15) is 14.0 Å². The van der Waals surface area contributed by atoms with Crippen LogP contribution < -0.4 is 5.32 Å². The third-order valence-electron chi connectivity index (χ3n) is 5.19. The third-order valence-corrected chi connectivity index (χ3v) is 6.74. The van der Waals surface area contributed by atoms with E-state index < -0.39 is 11.9 Å². The molecule has 0 fully saturated rings. The molecule has 0 heterocycles. The molecular formula is C24H29Cl2FN2O2S. The molecule has 0 bridgehead atoms. The van der Waals surface area contributed by atoms with Gasteiger partial charge in [-0.15, -0.1) is 11.8 Å². The standard InChI is InChI=1S/C24H29Cl2FN2O2S/c1-4-16(3)28-24(31)22(5-2)29(13-17-9-11-18(25)12-10-17)23(30)15-32-14-19-20(26)7-6-8-21(19)27/h6-12,16,22H,4-5,13-15H2,1-3H3,(H,28,31)/t16-,22-/m1/s1. The minimum Gasteiger partial charge on any atom is -0.352 e. The van der Waals surface area contributed by atoms with E-state index in [4.69, 9.17) is 23.2 Å². The van der Waals surface area contributed by atoms with E-state index >= 15 is 0 Å². The Bertz CT molecular complexity index is 891. The van der Waals surface area contributed by atoms with Crippen molar-refractivity contribution < 1.29 is 14.0 Å². The zero-order valence-electron chi connectivity index (χ0n) is 18.5. The number of nitrogens with one attached hydrogen (secondary N) is 1. The van der Waals surface area contributed by atoms with Crippen molar-refractivity contribution in [2.24, 2.45) is 0 Å². The lowest BCUT2D eigenvalue weighted by molar-refractivity contribution is -0.139. The van der Waals surface area contributed by atoms with Crippen LogP contribution in [0.3, 0.4) is 0 Å². The van der Waals surface area contributed by atoms with Crippen molar-refractivity contribution in [1.29, 1.82) is 0 Å². The molecule has 174 valence electrons. The number of nitrogens with zero attached hydrogens (tertiary/aromatic N) is 1. The van der Waals surface area contributed by atoms with Gasteiger partial charge in [-0.3, -0.25) is 9.59 Å². The molecule has 0 saturated heterocycles. The Balaban J connectivity index is 2.16. The van der Waals surface area contributed by atoms with E-state index in [0.717, 1.165) is 12.0 Å². The average molecular weight is 499 g/mol. The number of rotatable bonds is 11. The zero-order chi connectivity index (χ0) is 23.7. The molecule has 8 heteroatoms. The molecule has 2 aromatic carbocycles. The molecule has 0 radical (unpaired) electrons. The summed E-state index contributed by atoms with van der Waals surface area (Å²) < 4.78 is 14.0. The Morgan fingerprint density at radius 3 is 2.38 bits per heavy atom. The van der Waals surface area contributed by atoms with Gasteiger partial charge in [-0.1, -0.05) is 55.2 Å². The monoisotopic (exact) mass is 498 g/mol. The van der Waals surface area contributed by atoms with Crippen LogP contribution in [0.1, 0.15) is 44.7 Å². The van der Waals surface area contributed by atoms with Gasteiger partial charge < -0.3 is 10.2 Å². The summed E-state index contributed by atoms with van der Waals surface area (Å²) in [6.45, 7) is 6.09. The van der Waals surface area contributed by atoms with Crippen molar-refractivity contribution in [1.82, 2.24) is 10.2 Å². The summed E-state index contributed by atoms with van der Waals surface area (Å²) >= 11 is 13.4. The lowest BCUT2D eigenvalue weighted by atomic mass is 10.1. The van der Waals surface area contributed by atoms with Crippen LogP contribution in [0.25, 0.3) is 0 Å². The van der Waals surface area contributed by atoms with Crippen LogP contribution in [0.2, 0.25) is 10.0 Å². The van der Waals surface area contributed by atoms with E-state index in [1.807, 2.05) is 32.9 Å². The van der Waals surface area contributed by atoms with Gasteiger partial charge in [0.2, 0.25) is 11.8 Å². The number of hydrogen-bond acceptors (Lipinski definition) is 3. The maximum absolute atomic E-state index is 14.0. The SMILES string of the molecule is CC[C@@H](C)NC(=O)[C@@H](CC)N(Cc1ccc(Cl)cc1)C(=O)CSCc1c(F)cccc1Cl. The van der Waals surface area contributed by atoms with E-state index in [1.165, 1.54) is 17.8 Å². The number of carbonyl (C=O) groups is 2. The van der Waals surface area contributed by atoms with Gasteiger partial charge in [-0.2, -0.15) is 0 Å². The van der Waals surface area contributed by atoms with E-state index in [-0.39, 0.29) is 35.9 Å². The Morgan fingerprint density at radius 1 is 1.09 bits per heavy atom. The molecule has 32 heavy (non-hydrogen) atoms. The van der Waals surface area contributed by atoms with Crippen molar-refractivity contribution in [3.05, 3.63) is 69.5 Å². The molecule has 0 aromatic heterocycles. The third kappa shape index (κ3) is 7.68. The summed E-state index contributed by atoms with van der Waals surface area (Å²) in [4.78, 5) is 27.7.